The first kappa shape index (κ1) is 13.4. The fourth-order valence-electron chi connectivity index (χ4n) is 4.52. The molecule has 0 aromatic heterocycles. The highest BCUT2D eigenvalue weighted by molar-refractivity contribution is 5.92. The van der Waals surface area contributed by atoms with Gasteiger partial charge in [-0.25, -0.2) is 0 Å². The molecule has 2 unspecified atom stereocenters. The quantitative estimate of drug-likeness (QED) is 0.725. The largest absolute Gasteiger partial charge is 0.375 e. The summed E-state index contributed by atoms with van der Waals surface area (Å²) in [5, 5.41) is 0. The van der Waals surface area contributed by atoms with Gasteiger partial charge in [0.05, 0.1) is 0 Å². The van der Waals surface area contributed by atoms with Crippen LogP contribution in [-0.4, -0.2) is 23.8 Å². The highest BCUT2D eigenvalue weighted by atomic mass is 16.1. The van der Waals surface area contributed by atoms with E-state index in [9.17, 15) is 4.79 Å². The molecule has 0 aromatic carbocycles. The van der Waals surface area contributed by atoms with E-state index in [-0.39, 0.29) is 0 Å². The molecule has 0 bridgehead atoms. The summed E-state index contributed by atoms with van der Waals surface area (Å²) in [6.07, 6.45) is 16.5. The molecule has 1 fully saturated rings. The molecule has 112 valence electrons. The van der Waals surface area contributed by atoms with Gasteiger partial charge < -0.3 is 4.90 Å². The van der Waals surface area contributed by atoms with Crippen LogP contribution in [0.3, 0.4) is 0 Å². The number of hydrogen-bond acceptors (Lipinski definition) is 2. The summed E-state index contributed by atoms with van der Waals surface area (Å²) in [7, 11) is 0. The van der Waals surface area contributed by atoms with Gasteiger partial charge in [-0.05, 0) is 80.1 Å². The van der Waals surface area contributed by atoms with Crippen LogP contribution in [0.1, 0.15) is 51.4 Å². The Morgan fingerprint density at radius 1 is 0.857 bits per heavy atom. The molecule has 21 heavy (non-hydrogen) atoms. The summed E-state index contributed by atoms with van der Waals surface area (Å²) < 4.78 is 0. The van der Waals surface area contributed by atoms with Crippen LogP contribution < -0.4 is 0 Å². The fourth-order valence-corrected chi connectivity index (χ4v) is 4.52. The normalized spacial score (nSPS) is 32.7. The van der Waals surface area contributed by atoms with E-state index in [1.165, 1.54) is 62.8 Å². The monoisotopic (exact) mass is 283 g/mol. The smallest absolute Gasteiger partial charge is 0.155 e. The molecule has 0 radical (unpaired) electrons. The van der Waals surface area contributed by atoms with Crippen molar-refractivity contribution < 1.29 is 4.79 Å². The summed E-state index contributed by atoms with van der Waals surface area (Å²) >= 11 is 0. The molecular formula is C19H25NO. The molecule has 4 rings (SSSR count). The topological polar surface area (TPSA) is 20.3 Å². The van der Waals surface area contributed by atoms with Gasteiger partial charge in [-0.15, -0.1) is 0 Å². The van der Waals surface area contributed by atoms with Gasteiger partial charge in [0.2, 0.25) is 0 Å². The summed E-state index contributed by atoms with van der Waals surface area (Å²) in [4.78, 5) is 14.3. The van der Waals surface area contributed by atoms with Crippen LogP contribution in [0.4, 0.5) is 0 Å². The van der Waals surface area contributed by atoms with Crippen molar-refractivity contribution in [3.8, 4) is 0 Å². The lowest BCUT2D eigenvalue weighted by Crippen LogP contribution is -2.32. The summed E-state index contributed by atoms with van der Waals surface area (Å²) in [5.74, 6) is 1.72. The van der Waals surface area contributed by atoms with Gasteiger partial charge in [-0.1, -0.05) is 6.08 Å². The molecule has 0 spiro atoms. The molecule has 4 aliphatic rings. The zero-order chi connectivity index (χ0) is 14.2. The number of carbonyl (C=O) groups is 1. The summed E-state index contributed by atoms with van der Waals surface area (Å²) in [5.41, 5.74) is 4.37. The molecular weight excluding hydrogens is 258 g/mol. The van der Waals surface area contributed by atoms with E-state index in [1.54, 1.807) is 5.70 Å². The molecule has 2 atom stereocenters. The average Bonchev–Trinajstić information content (AvgIpc) is 2.53. The Morgan fingerprint density at radius 3 is 2.38 bits per heavy atom. The first-order valence-corrected chi connectivity index (χ1v) is 8.71. The molecule has 1 saturated heterocycles. The third-order valence-corrected chi connectivity index (χ3v) is 5.76. The van der Waals surface area contributed by atoms with E-state index < -0.39 is 0 Å². The fraction of sp³-hybridized carbons (Fsp3) is 0.632. The van der Waals surface area contributed by atoms with Crippen LogP contribution in [0.25, 0.3) is 0 Å². The predicted molar refractivity (Wildman–Crippen MR) is 84.7 cm³/mol. The van der Waals surface area contributed by atoms with E-state index in [2.05, 4.69) is 17.1 Å². The van der Waals surface area contributed by atoms with Crippen molar-refractivity contribution in [2.24, 2.45) is 11.8 Å². The maximum absolute atomic E-state index is 11.7. The van der Waals surface area contributed by atoms with Crippen LogP contribution in [-0.2, 0) is 4.79 Å². The lowest BCUT2D eigenvalue weighted by Gasteiger charge is -2.39. The maximum Gasteiger partial charge on any atom is 0.155 e. The summed E-state index contributed by atoms with van der Waals surface area (Å²) in [6.45, 7) is 2.49. The number of piperidine rings is 1. The molecule has 1 aliphatic heterocycles. The second-order valence-electron chi connectivity index (χ2n) is 7.15. The van der Waals surface area contributed by atoms with Crippen molar-refractivity contribution in [2.75, 3.05) is 13.1 Å². The number of allylic oxidation sites excluding steroid dienone is 6. The van der Waals surface area contributed by atoms with Gasteiger partial charge in [0.1, 0.15) is 0 Å². The minimum atomic E-state index is 0.326. The Hall–Kier alpha value is -1.31. The van der Waals surface area contributed by atoms with Crippen LogP contribution in [0.5, 0.6) is 0 Å². The van der Waals surface area contributed by atoms with Crippen LogP contribution in [0, 0.1) is 11.8 Å². The number of ketones is 1. The lowest BCUT2D eigenvalue weighted by atomic mass is 9.70. The zero-order valence-corrected chi connectivity index (χ0v) is 12.8. The second-order valence-corrected chi connectivity index (χ2v) is 7.15. The number of rotatable bonds is 1. The number of fused-ring (bicyclic) bond motifs is 2. The number of nitrogens with zero attached hydrogens (tertiary/aromatic N) is 1. The van der Waals surface area contributed by atoms with Gasteiger partial charge in [0, 0.05) is 25.2 Å². The van der Waals surface area contributed by atoms with Crippen LogP contribution in [0.15, 0.2) is 35.1 Å². The second kappa shape index (κ2) is 5.47. The molecule has 0 saturated carbocycles. The van der Waals surface area contributed by atoms with E-state index in [4.69, 9.17) is 0 Å². The molecule has 1 heterocycles. The highest BCUT2D eigenvalue weighted by Gasteiger charge is 2.32. The van der Waals surface area contributed by atoms with E-state index in [0.29, 0.717) is 11.7 Å². The van der Waals surface area contributed by atoms with Crippen molar-refractivity contribution in [1.82, 2.24) is 4.90 Å². The molecule has 2 heteroatoms. The average molecular weight is 283 g/mol. The van der Waals surface area contributed by atoms with Crippen molar-refractivity contribution in [2.45, 2.75) is 51.4 Å². The minimum Gasteiger partial charge on any atom is -0.375 e. The highest BCUT2D eigenvalue weighted by Crippen LogP contribution is 2.43. The van der Waals surface area contributed by atoms with E-state index >= 15 is 0 Å². The Bertz CT molecular complexity index is 534. The predicted octanol–water partition coefficient (Wildman–Crippen LogP) is 4.00. The molecule has 0 aromatic rings. The Morgan fingerprint density at radius 2 is 1.57 bits per heavy atom. The van der Waals surface area contributed by atoms with Gasteiger partial charge in [0.15, 0.2) is 5.78 Å². The Balaban J connectivity index is 1.61. The molecule has 0 N–H and O–H groups in total. The van der Waals surface area contributed by atoms with Crippen molar-refractivity contribution in [1.29, 1.82) is 0 Å². The van der Waals surface area contributed by atoms with E-state index in [0.717, 1.165) is 18.8 Å². The number of hydrogen-bond donors (Lipinski definition) is 0. The molecule has 3 aliphatic carbocycles. The van der Waals surface area contributed by atoms with Gasteiger partial charge in [-0.2, -0.15) is 0 Å². The maximum atomic E-state index is 11.7. The Kier molecular flexibility index (Phi) is 3.48. The van der Waals surface area contributed by atoms with Gasteiger partial charge >= 0.3 is 0 Å². The Labute approximate surface area is 127 Å². The SMILES string of the molecule is O=C1C=C2C=C3C=C(N4CCCCC4)CCC3CC2CC1. The van der Waals surface area contributed by atoms with Crippen molar-refractivity contribution in [3.63, 3.8) is 0 Å². The lowest BCUT2D eigenvalue weighted by molar-refractivity contribution is -0.115. The van der Waals surface area contributed by atoms with Gasteiger partial charge in [0.25, 0.3) is 0 Å². The molecule has 2 nitrogen and oxygen atoms in total. The first-order chi connectivity index (χ1) is 10.3. The van der Waals surface area contributed by atoms with Crippen molar-refractivity contribution in [3.05, 3.63) is 35.1 Å². The number of carbonyl (C=O) groups excluding carboxylic acids is 1. The third-order valence-electron chi connectivity index (χ3n) is 5.76. The van der Waals surface area contributed by atoms with Crippen molar-refractivity contribution >= 4 is 5.78 Å². The van der Waals surface area contributed by atoms with Crippen LogP contribution in [0.2, 0.25) is 0 Å². The minimum absolute atomic E-state index is 0.326. The first-order valence-electron chi connectivity index (χ1n) is 8.71. The van der Waals surface area contributed by atoms with Crippen LogP contribution >= 0.6 is 0 Å². The van der Waals surface area contributed by atoms with E-state index in [1.807, 2.05) is 6.08 Å². The number of likely N-dealkylation sites (tertiary alicyclic amines) is 1. The van der Waals surface area contributed by atoms with Gasteiger partial charge in [-0.3, -0.25) is 4.79 Å². The molecule has 0 amide bonds. The third kappa shape index (κ3) is 2.61. The standard InChI is InChI=1S/C19H25NO/c21-19-7-5-15-10-14-4-6-18(20-8-2-1-3-9-20)12-16(14)11-17(15)13-19/h11-15H,1-10H2. The summed E-state index contributed by atoms with van der Waals surface area (Å²) in [6, 6.07) is 0. The zero-order valence-electron chi connectivity index (χ0n) is 12.8.